The van der Waals surface area contributed by atoms with Crippen LogP contribution in [0.1, 0.15) is 25.5 Å². The SMILES string of the molecule is COc1ccc(Br)c(C(CN)N2CCN(C(C)C)CC2)c1. The second-order valence-corrected chi connectivity index (χ2v) is 6.66. The normalized spacial score (nSPS) is 19.0. The van der Waals surface area contributed by atoms with Gasteiger partial charge in [0.15, 0.2) is 0 Å². The van der Waals surface area contributed by atoms with E-state index in [1.165, 1.54) is 5.56 Å². The summed E-state index contributed by atoms with van der Waals surface area (Å²) in [6.45, 7) is 9.47. The Kier molecular flexibility index (Phi) is 6.05. The Bertz CT molecular complexity index is 459. The third-order valence-corrected chi connectivity index (χ3v) is 5.03. The summed E-state index contributed by atoms with van der Waals surface area (Å²) >= 11 is 3.65. The molecule has 118 valence electrons. The molecule has 5 heteroatoms. The van der Waals surface area contributed by atoms with Crippen molar-refractivity contribution < 1.29 is 4.74 Å². The standard InChI is InChI=1S/C16H26BrN3O/c1-12(2)19-6-8-20(9-7-19)16(11-18)14-10-13(21-3)4-5-15(14)17/h4-5,10,12,16H,6-9,11,18H2,1-3H3. The van der Waals surface area contributed by atoms with Crippen LogP contribution < -0.4 is 10.5 Å². The van der Waals surface area contributed by atoms with Crippen LogP contribution in [-0.2, 0) is 0 Å². The summed E-state index contributed by atoms with van der Waals surface area (Å²) in [4.78, 5) is 5.00. The number of halogens is 1. The molecule has 1 aliphatic heterocycles. The third kappa shape index (κ3) is 3.97. The quantitative estimate of drug-likeness (QED) is 0.880. The van der Waals surface area contributed by atoms with Crippen LogP contribution in [0.3, 0.4) is 0 Å². The third-order valence-electron chi connectivity index (χ3n) is 4.31. The van der Waals surface area contributed by atoms with Gasteiger partial charge in [-0.25, -0.2) is 0 Å². The van der Waals surface area contributed by atoms with Crippen LogP contribution in [0.15, 0.2) is 22.7 Å². The molecule has 0 spiro atoms. The van der Waals surface area contributed by atoms with Crippen molar-refractivity contribution in [1.82, 2.24) is 9.80 Å². The van der Waals surface area contributed by atoms with Gasteiger partial charge in [0.1, 0.15) is 5.75 Å². The molecule has 21 heavy (non-hydrogen) atoms. The van der Waals surface area contributed by atoms with E-state index >= 15 is 0 Å². The minimum atomic E-state index is 0.240. The second-order valence-electron chi connectivity index (χ2n) is 5.80. The van der Waals surface area contributed by atoms with E-state index in [2.05, 4.69) is 45.6 Å². The van der Waals surface area contributed by atoms with Gasteiger partial charge in [-0.15, -0.1) is 0 Å². The van der Waals surface area contributed by atoms with E-state index in [9.17, 15) is 0 Å². The molecule has 2 N–H and O–H groups in total. The van der Waals surface area contributed by atoms with Gasteiger partial charge >= 0.3 is 0 Å². The van der Waals surface area contributed by atoms with Crippen LogP contribution in [0.2, 0.25) is 0 Å². The second kappa shape index (κ2) is 7.58. The van der Waals surface area contributed by atoms with Crippen molar-refractivity contribution in [3.63, 3.8) is 0 Å². The van der Waals surface area contributed by atoms with Gasteiger partial charge in [-0.1, -0.05) is 15.9 Å². The first-order valence-electron chi connectivity index (χ1n) is 7.58. The molecule has 2 rings (SSSR count). The Morgan fingerprint density at radius 1 is 1.19 bits per heavy atom. The molecular formula is C16H26BrN3O. The smallest absolute Gasteiger partial charge is 0.119 e. The molecule has 1 aromatic rings. The molecule has 0 bridgehead atoms. The van der Waals surface area contributed by atoms with E-state index in [1.54, 1.807) is 7.11 Å². The Balaban J connectivity index is 2.13. The number of rotatable bonds is 5. The van der Waals surface area contributed by atoms with Gasteiger partial charge in [-0.05, 0) is 37.6 Å². The van der Waals surface area contributed by atoms with Crippen LogP contribution in [0.5, 0.6) is 5.75 Å². The van der Waals surface area contributed by atoms with E-state index in [0.717, 1.165) is 36.4 Å². The fraction of sp³-hybridized carbons (Fsp3) is 0.625. The Morgan fingerprint density at radius 2 is 1.81 bits per heavy atom. The van der Waals surface area contributed by atoms with Gasteiger partial charge in [0.05, 0.1) is 7.11 Å². The molecule has 1 aliphatic rings. The fourth-order valence-corrected chi connectivity index (χ4v) is 3.45. The topological polar surface area (TPSA) is 41.7 Å². The number of ether oxygens (including phenoxy) is 1. The number of nitrogens with zero attached hydrogens (tertiary/aromatic N) is 2. The maximum atomic E-state index is 6.07. The maximum absolute atomic E-state index is 6.07. The monoisotopic (exact) mass is 355 g/mol. The maximum Gasteiger partial charge on any atom is 0.119 e. The summed E-state index contributed by atoms with van der Waals surface area (Å²) < 4.78 is 6.45. The number of hydrogen-bond donors (Lipinski definition) is 1. The van der Waals surface area contributed by atoms with Crippen molar-refractivity contribution in [2.45, 2.75) is 25.9 Å². The summed E-state index contributed by atoms with van der Waals surface area (Å²) in [7, 11) is 1.70. The zero-order valence-electron chi connectivity index (χ0n) is 13.2. The fourth-order valence-electron chi connectivity index (χ4n) is 2.94. The lowest BCUT2D eigenvalue weighted by Gasteiger charge is -2.41. The van der Waals surface area contributed by atoms with Crippen molar-refractivity contribution in [3.8, 4) is 5.75 Å². The number of methoxy groups -OCH3 is 1. The lowest BCUT2D eigenvalue weighted by Crippen LogP contribution is -2.50. The molecule has 1 aromatic carbocycles. The Morgan fingerprint density at radius 3 is 2.33 bits per heavy atom. The van der Waals surface area contributed by atoms with Gasteiger partial charge in [0.25, 0.3) is 0 Å². The zero-order valence-corrected chi connectivity index (χ0v) is 14.8. The molecule has 0 radical (unpaired) electrons. The van der Waals surface area contributed by atoms with Crippen LogP contribution in [0.25, 0.3) is 0 Å². The molecule has 0 saturated carbocycles. The number of hydrogen-bond acceptors (Lipinski definition) is 4. The van der Waals surface area contributed by atoms with Crippen LogP contribution in [-0.4, -0.2) is 55.7 Å². The first kappa shape index (κ1) is 16.7. The molecule has 1 fully saturated rings. The summed E-state index contributed by atoms with van der Waals surface area (Å²) in [6.07, 6.45) is 0. The zero-order chi connectivity index (χ0) is 15.4. The highest BCUT2D eigenvalue weighted by Gasteiger charge is 2.26. The Labute approximate surface area is 136 Å². The molecule has 4 nitrogen and oxygen atoms in total. The van der Waals surface area contributed by atoms with E-state index in [1.807, 2.05) is 12.1 Å². The van der Waals surface area contributed by atoms with Crippen molar-refractivity contribution in [3.05, 3.63) is 28.2 Å². The van der Waals surface area contributed by atoms with Gasteiger partial charge in [0.2, 0.25) is 0 Å². The molecular weight excluding hydrogens is 330 g/mol. The average molecular weight is 356 g/mol. The van der Waals surface area contributed by atoms with Crippen LogP contribution in [0, 0.1) is 0 Å². The van der Waals surface area contributed by atoms with Crippen LogP contribution >= 0.6 is 15.9 Å². The molecule has 1 atom stereocenters. The van der Waals surface area contributed by atoms with Gasteiger partial charge < -0.3 is 10.5 Å². The van der Waals surface area contributed by atoms with Gasteiger partial charge in [-0.2, -0.15) is 0 Å². The highest BCUT2D eigenvalue weighted by Crippen LogP contribution is 2.31. The molecule has 1 heterocycles. The first-order valence-corrected chi connectivity index (χ1v) is 8.37. The van der Waals surface area contributed by atoms with E-state index in [0.29, 0.717) is 12.6 Å². The summed E-state index contributed by atoms with van der Waals surface area (Å²) in [6, 6.07) is 6.96. The predicted octanol–water partition coefficient (Wildman–Crippen LogP) is 2.48. The molecule has 0 aliphatic carbocycles. The first-order chi connectivity index (χ1) is 10.1. The highest BCUT2D eigenvalue weighted by molar-refractivity contribution is 9.10. The van der Waals surface area contributed by atoms with Crippen molar-refractivity contribution >= 4 is 15.9 Å². The van der Waals surface area contributed by atoms with Crippen molar-refractivity contribution in [2.75, 3.05) is 39.8 Å². The lowest BCUT2D eigenvalue weighted by atomic mass is 10.0. The predicted molar refractivity (Wildman–Crippen MR) is 90.8 cm³/mol. The summed E-state index contributed by atoms with van der Waals surface area (Å²) in [5, 5.41) is 0. The minimum Gasteiger partial charge on any atom is -0.497 e. The highest BCUT2D eigenvalue weighted by atomic mass is 79.9. The largest absolute Gasteiger partial charge is 0.497 e. The number of benzene rings is 1. The van der Waals surface area contributed by atoms with Crippen molar-refractivity contribution in [2.24, 2.45) is 5.73 Å². The van der Waals surface area contributed by atoms with Crippen molar-refractivity contribution in [1.29, 1.82) is 0 Å². The number of piperazine rings is 1. The minimum absolute atomic E-state index is 0.240. The van der Waals surface area contributed by atoms with Gasteiger partial charge in [-0.3, -0.25) is 9.80 Å². The Hall–Kier alpha value is -0.620. The van der Waals surface area contributed by atoms with E-state index in [-0.39, 0.29) is 6.04 Å². The molecule has 1 saturated heterocycles. The van der Waals surface area contributed by atoms with Crippen LogP contribution in [0.4, 0.5) is 0 Å². The molecule has 0 aromatic heterocycles. The summed E-state index contributed by atoms with van der Waals surface area (Å²) in [5.41, 5.74) is 7.29. The lowest BCUT2D eigenvalue weighted by molar-refractivity contribution is 0.0800. The van der Waals surface area contributed by atoms with Gasteiger partial charge in [0, 0.05) is 49.3 Å². The molecule has 0 amide bonds. The molecule has 1 unspecified atom stereocenters. The van der Waals surface area contributed by atoms with E-state index < -0.39 is 0 Å². The summed E-state index contributed by atoms with van der Waals surface area (Å²) in [5.74, 6) is 0.882. The van der Waals surface area contributed by atoms with E-state index in [4.69, 9.17) is 10.5 Å². The average Bonchev–Trinajstić information content (AvgIpc) is 2.50. The number of nitrogens with two attached hydrogens (primary N) is 1.